The second kappa shape index (κ2) is 13.8. The molecule has 2 fully saturated rings. The minimum atomic E-state index is -0.0633. The van der Waals surface area contributed by atoms with Crippen LogP contribution in [0.3, 0.4) is 0 Å². The number of piperidine rings is 1. The molecule has 2 aliphatic heterocycles. The second-order valence-corrected chi connectivity index (χ2v) is 13.5. The lowest BCUT2D eigenvalue weighted by Crippen LogP contribution is -2.61. The van der Waals surface area contributed by atoms with Crippen molar-refractivity contribution in [2.45, 2.75) is 75.9 Å². The number of carbonyl (C=O) groups is 1. The number of likely N-dealkylation sites (tertiary alicyclic amines) is 1. The third-order valence-electron chi connectivity index (χ3n) is 10.7. The van der Waals surface area contributed by atoms with E-state index in [4.69, 9.17) is 9.47 Å². The van der Waals surface area contributed by atoms with Gasteiger partial charge in [-0.25, -0.2) is 0 Å². The summed E-state index contributed by atoms with van der Waals surface area (Å²) in [7, 11) is 3.34. The molecule has 1 aliphatic carbocycles. The average Bonchev–Trinajstić information content (AvgIpc) is 3.05. The Bertz CT molecular complexity index is 1460. The Morgan fingerprint density at radius 2 is 1.76 bits per heavy atom. The van der Waals surface area contributed by atoms with E-state index in [9.17, 15) is 9.90 Å². The lowest BCUT2D eigenvalue weighted by molar-refractivity contribution is -0.123. The Labute approximate surface area is 268 Å². The zero-order valence-corrected chi connectivity index (χ0v) is 27.1. The van der Waals surface area contributed by atoms with Crippen LogP contribution in [0.1, 0.15) is 61.3 Å². The van der Waals surface area contributed by atoms with Gasteiger partial charge >= 0.3 is 0 Å². The summed E-state index contributed by atoms with van der Waals surface area (Å²) in [5, 5.41) is 13.9. The Morgan fingerprint density at radius 3 is 2.51 bits per heavy atom. The summed E-state index contributed by atoms with van der Waals surface area (Å²) in [6.07, 6.45) is 6.58. The molecule has 0 unspecified atom stereocenters. The number of amides is 1. The summed E-state index contributed by atoms with van der Waals surface area (Å²) < 4.78 is 11.0. The van der Waals surface area contributed by atoms with Gasteiger partial charge in [0.15, 0.2) is 11.5 Å². The zero-order chi connectivity index (χ0) is 31.4. The number of nitrogens with one attached hydrogen (secondary N) is 1. The number of benzene rings is 3. The van der Waals surface area contributed by atoms with Gasteiger partial charge in [0, 0.05) is 50.1 Å². The highest BCUT2D eigenvalue weighted by atomic mass is 16.5. The molecule has 2 bridgehead atoms. The normalized spacial score (nSPS) is 24.9. The molecule has 45 heavy (non-hydrogen) atoms. The quantitative estimate of drug-likeness (QED) is 0.289. The topological polar surface area (TPSA) is 74.3 Å². The third-order valence-corrected chi connectivity index (χ3v) is 10.7. The van der Waals surface area contributed by atoms with Crippen LogP contribution in [0, 0.1) is 5.92 Å². The molecule has 1 amide bonds. The van der Waals surface area contributed by atoms with E-state index in [2.05, 4.69) is 70.6 Å². The van der Waals surface area contributed by atoms with Crippen LogP contribution < -0.4 is 14.8 Å². The van der Waals surface area contributed by atoms with E-state index < -0.39 is 0 Å². The summed E-state index contributed by atoms with van der Waals surface area (Å²) in [4.78, 5) is 18.5. The van der Waals surface area contributed by atoms with Crippen molar-refractivity contribution in [3.8, 4) is 17.2 Å². The molecular weight excluding hydrogens is 562 g/mol. The molecular formula is C38H49N3O4. The van der Waals surface area contributed by atoms with Crippen LogP contribution in [0.25, 0.3) is 0 Å². The van der Waals surface area contributed by atoms with Crippen molar-refractivity contribution in [3.63, 3.8) is 0 Å². The molecule has 0 radical (unpaired) electrons. The Morgan fingerprint density at radius 1 is 0.978 bits per heavy atom. The van der Waals surface area contributed by atoms with Crippen LogP contribution >= 0.6 is 0 Å². The molecule has 7 heteroatoms. The highest BCUT2D eigenvalue weighted by Gasteiger charge is 2.51. The molecule has 6 rings (SSSR count). The van der Waals surface area contributed by atoms with E-state index in [0.717, 1.165) is 82.7 Å². The van der Waals surface area contributed by atoms with Crippen LogP contribution in [-0.2, 0) is 29.6 Å². The van der Waals surface area contributed by atoms with Gasteiger partial charge in [0.05, 0.1) is 14.2 Å². The summed E-state index contributed by atoms with van der Waals surface area (Å²) in [5.74, 6) is 2.39. The highest BCUT2D eigenvalue weighted by molar-refractivity contribution is 5.76. The number of hydrogen-bond donors (Lipinski definition) is 2. The molecule has 2 heterocycles. The molecule has 1 saturated carbocycles. The van der Waals surface area contributed by atoms with Gasteiger partial charge in [-0.15, -0.1) is 0 Å². The number of methoxy groups -OCH3 is 2. The van der Waals surface area contributed by atoms with Crippen molar-refractivity contribution >= 4 is 5.91 Å². The maximum Gasteiger partial charge on any atom is 0.221 e. The minimum absolute atomic E-state index is 0.0633. The van der Waals surface area contributed by atoms with E-state index in [-0.39, 0.29) is 17.4 Å². The number of aromatic hydroxyl groups is 1. The zero-order valence-electron chi connectivity index (χ0n) is 27.1. The van der Waals surface area contributed by atoms with Crippen molar-refractivity contribution in [1.29, 1.82) is 0 Å². The summed E-state index contributed by atoms with van der Waals surface area (Å²) >= 11 is 0. The molecule has 1 saturated heterocycles. The van der Waals surface area contributed by atoms with E-state index in [1.54, 1.807) is 20.3 Å². The van der Waals surface area contributed by atoms with Gasteiger partial charge in [-0.3, -0.25) is 14.6 Å². The molecule has 3 aromatic carbocycles. The lowest BCUT2D eigenvalue weighted by atomic mass is 9.57. The van der Waals surface area contributed by atoms with Gasteiger partial charge in [-0.05, 0) is 97.5 Å². The number of hydrogen-bond acceptors (Lipinski definition) is 6. The first kappa shape index (κ1) is 31.4. The fourth-order valence-electron chi connectivity index (χ4n) is 8.34. The number of phenols is 1. The SMILES string of the molecule is COc1cc2c(cc1OC)CN(CCC(=O)N[C@H]1C[C@H]3C[C@@](c4cccc(O)c4)(C1)[C@H](C)CN3CCCc1ccccc1)CC2. The monoisotopic (exact) mass is 611 g/mol. The molecule has 0 spiro atoms. The number of ether oxygens (including phenoxy) is 2. The Hall–Kier alpha value is -3.55. The van der Waals surface area contributed by atoms with Crippen molar-refractivity contribution in [1.82, 2.24) is 15.1 Å². The third kappa shape index (κ3) is 7.00. The predicted octanol–water partition coefficient (Wildman–Crippen LogP) is 5.72. The first-order valence-electron chi connectivity index (χ1n) is 16.7. The minimum Gasteiger partial charge on any atom is -0.508 e. The molecule has 7 nitrogen and oxygen atoms in total. The second-order valence-electron chi connectivity index (χ2n) is 13.5. The van der Waals surface area contributed by atoms with Gasteiger partial charge in [0.2, 0.25) is 5.91 Å². The standard InChI is InChI=1S/C38H49N3O4/c1-27-25-41(16-8-11-28-9-5-4-6-10-28)33-22-32(23-38(27,24-33)31-12-7-13-34(42)21-31)39-37(43)15-18-40-17-14-29-19-35(44-2)36(45-3)20-30(29)26-40/h4-7,9-10,12-13,19-21,27,32-33,42H,8,11,14-18,22-26H2,1-3H3,(H,39,43)/t27-,32+,33+,38+/m1/s1. The molecule has 0 aromatic heterocycles. The number of phenolic OH excluding ortho intramolecular Hbond substituents is 1. The van der Waals surface area contributed by atoms with Gasteiger partial charge in [0.1, 0.15) is 5.75 Å². The van der Waals surface area contributed by atoms with Gasteiger partial charge < -0.3 is 19.9 Å². The Balaban J connectivity index is 1.10. The molecule has 3 aromatic rings. The smallest absolute Gasteiger partial charge is 0.221 e. The van der Waals surface area contributed by atoms with Gasteiger partial charge in [0.25, 0.3) is 0 Å². The van der Waals surface area contributed by atoms with Crippen LogP contribution in [0.2, 0.25) is 0 Å². The molecule has 4 atom stereocenters. The first-order chi connectivity index (χ1) is 21.9. The van der Waals surface area contributed by atoms with Crippen LogP contribution in [0.4, 0.5) is 0 Å². The fourth-order valence-corrected chi connectivity index (χ4v) is 8.34. The maximum atomic E-state index is 13.5. The number of nitrogens with zero attached hydrogens (tertiary/aromatic N) is 2. The molecule has 3 aliphatic rings. The van der Waals surface area contributed by atoms with Crippen molar-refractivity contribution in [2.75, 3.05) is 40.4 Å². The van der Waals surface area contributed by atoms with E-state index >= 15 is 0 Å². The van der Waals surface area contributed by atoms with Crippen LogP contribution in [0.5, 0.6) is 17.2 Å². The van der Waals surface area contributed by atoms with Crippen molar-refractivity contribution in [3.05, 3.63) is 89.0 Å². The predicted molar refractivity (Wildman–Crippen MR) is 178 cm³/mol. The number of fused-ring (bicyclic) bond motifs is 3. The van der Waals surface area contributed by atoms with Crippen molar-refractivity contribution < 1.29 is 19.4 Å². The Kier molecular flexibility index (Phi) is 9.67. The molecule has 240 valence electrons. The summed E-state index contributed by atoms with van der Waals surface area (Å²) in [5.41, 5.74) is 5.07. The van der Waals surface area contributed by atoms with E-state index in [1.807, 2.05) is 12.1 Å². The van der Waals surface area contributed by atoms with E-state index in [0.29, 0.717) is 24.1 Å². The van der Waals surface area contributed by atoms with Crippen LogP contribution in [-0.4, -0.2) is 73.3 Å². The fraction of sp³-hybridized carbons (Fsp3) is 0.500. The van der Waals surface area contributed by atoms with E-state index in [1.165, 1.54) is 22.3 Å². The summed E-state index contributed by atoms with van der Waals surface area (Å²) in [6.45, 7) is 6.95. The lowest BCUT2D eigenvalue weighted by Gasteiger charge is -2.56. The number of rotatable bonds is 11. The highest BCUT2D eigenvalue weighted by Crippen LogP contribution is 2.50. The number of aryl methyl sites for hydroxylation is 1. The maximum absolute atomic E-state index is 13.5. The van der Waals surface area contributed by atoms with Crippen molar-refractivity contribution in [2.24, 2.45) is 5.92 Å². The largest absolute Gasteiger partial charge is 0.508 e. The van der Waals surface area contributed by atoms with Gasteiger partial charge in [-0.1, -0.05) is 49.4 Å². The first-order valence-corrected chi connectivity index (χ1v) is 16.7. The summed E-state index contributed by atoms with van der Waals surface area (Å²) in [6, 6.07) is 23.3. The average molecular weight is 612 g/mol. The molecule has 2 N–H and O–H groups in total. The number of carbonyl (C=O) groups excluding carboxylic acids is 1. The van der Waals surface area contributed by atoms with Crippen LogP contribution in [0.15, 0.2) is 66.7 Å². The van der Waals surface area contributed by atoms with Gasteiger partial charge in [-0.2, -0.15) is 0 Å².